The van der Waals surface area contributed by atoms with Gasteiger partial charge in [0.15, 0.2) is 0 Å². The molecule has 25 heavy (non-hydrogen) atoms. The summed E-state index contributed by atoms with van der Waals surface area (Å²) in [5.41, 5.74) is 3.10. The third-order valence-corrected chi connectivity index (χ3v) is 6.04. The van der Waals surface area contributed by atoms with Crippen molar-refractivity contribution in [2.45, 2.75) is 39.1 Å². The van der Waals surface area contributed by atoms with Crippen molar-refractivity contribution in [3.05, 3.63) is 52.2 Å². The first-order chi connectivity index (χ1) is 12.2. The van der Waals surface area contributed by atoms with Crippen LogP contribution in [-0.4, -0.2) is 38.0 Å². The van der Waals surface area contributed by atoms with Gasteiger partial charge in [-0.15, -0.1) is 11.3 Å². The van der Waals surface area contributed by atoms with Gasteiger partial charge in [0.1, 0.15) is 6.10 Å². The Kier molecular flexibility index (Phi) is 4.60. The summed E-state index contributed by atoms with van der Waals surface area (Å²) in [6.45, 7) is 5.55. The summed E-state index contributed by atoms with van der Waals surface area (Å²) in [5.74, 6) is 0. The number of aryl methyl sites for hydroxylation is 2. The van der Waals surface area contributed by atoms with Crippen LogP contribution < -0.4 is 0 Å². The first-order valence-electron chi connectivity index (χ1n) is 8.70. The predicted octanol–water partition coefficient (Wildman–Crippen LogP) is 2.84. The molecule has 1 atom stereocenters. The van der Waals surface area contributed by atoms with Crippen molar-refractivity contribution in [1.29, 1.82) is 0 Å². The molecule has 3 aromatic rings. The van der Waals surface area contributed by atoms with Gasteiger partial charge in [0, 0.05) is 35.8 Å². The van der Waals surface area contributed by atoms with Gasteiger partial charge >= 0.3 is 0 Å². The van der Waals surface area contributed by atoms with E-state index in [9.17, 15) is 5.11 Å². The standard InChI is InChI=1S/C19H23N3O2S/c1-13-16(15-5-2-3-6-19(15)25-13)11-21-7-4-8-22-14(10-21)9-17(20-22)18(24)12-23/h2-3,5-6,9,18,23-24H,4,7-8,10-12H2,1H3/t18-/m0/s1. The fourth-order valence-corrected chi connectivity index (χ4v) is 4.66. The van der Waals surface area contributed by atoms with Crippen molar-refractivity contribution >= 4 is 21.4 Å². The predicted molar refractivity (Wildman–Crippen MR) is 99.6 cm³/mol. The van der Waals surface area contributed by atoms with Crippen molar-refractivity contribution in [2.75, 3.05) is 13.2 Å². The molecule has 0 amide bonds. The third kappa shape index (κ3) is 3.22. The van der Waals surface area contributed by atoms with Crippen LogP contribution in [0.3, 0.4) is 0 Å². The second-order valence-electron chi connectivity index (χ2n) is 6.68. The van der Waals surface area contributed by atoms with Crippen LogP contribution in [-0.2, 0) is 19.6 Å². The highest BCUT2D eigenvalue weighted by molar-refractivity contribution is 7.19. The molecule has 0 fully saturated rings. The lowest BCUT2D eigenvalue weighted by atomic mass is 10.1. The normalized spacial score (nSPS) is 16.8. The number of hydrogen-bond donors (Lipinski definition) is 2. The summed E-state index contributed by atoms with van der Waals surface area (Å²) in [5, 5.41) is 24.8. The molecule has 0 unspecified atom stereocenters. The van der Waals surface area contributed by atoms with Crippen LogP contribution in [0.5, 0.6) is 0 Å². The van der Waals surface area contributed by atoms with E-state index in [0.717, 1.165) is 38.3 Å². The van der Waals surface area contributed by atoms with Gasteiger partial charge < -0.3 is 10.2 Å². The molecule has 132 valence electrons. The van der Waals surface area contributed by atoms with Crippen LogP contribution in [0.4, 0.5) is 0 Å². The van der Waals surface area contributed by atoms with E-state index in [2.05, 4.69) is 41.2 Å². The summed E-state index contributed by atoms with van der Waals surface area (Å²) >= 11 is 1.86. The molecule has 5 nitrogen and oxygen atoms in total. The minimum Gasteiger partial charge on any atom is -0.393 e. The van der Waals surface area contributed by atoms with Gasteiger partial charge in [-0.2, -0.15) is 5.10 Å². The molecule has 6 heteroatoms. The van der Waals surface area contributed by atoms with Gasteiger partial charge in [-0.25, -0.2) is 0 Å². The van der Waals surface area contributed by atoms with E-state index in [-0.39, 0.29) is 6.61 Å². The van der Waals surface area contributed by atoms with E-state index in [1.165, 1.54) is 20.5 Å². The van der Waals surface area contributed by atoms with Crippen LogP contribution in [0, 0.1) is 6.92 Å². The summed E-state index contributed by atoms with van der Waals surface area (Å²) < 4.78 is 3.33. The molecule has 0 aliphatic carbocycles. The number of benzene rings is 1. The van der Waals surface area contributed by atoms with E-state index < -0.39 is 6.10 Å². The molecular weight excluding hydrogens is 334 g/mol. The Labute approximate surface area is 151 Å². The Morgan fingerprint density at radius 1 is 1.28 bits per heavy atom. The zero-order valence-corrected chi connectivity index (χ0v) is 15.2. The number of fused-ring (bicyclic) bond motifs is 2. The molecule has 0 radical (unpaired) electrons. The minimum absolute atomic E-state index is 0.291. The van der Waals surface area contributed by atoms with E-state index in [1.807, 2.05) is 22.1 Å². The lowest BCUT2D eigenvalue weighted by Crippen LogP contribution is -2.23. The molecule has 2 N–H and O–H groups in total. The number of aliphatic hydroxyl groups is 2. The number of aromatic nitrogens is 2. The summed E-state index contributed by atoms with van der Waals surface area (Å²) in [4.78, 5) is 3.84. The number of rotatable bonds is 4. The third-order valence-electron chi connectivity index (χ3n) is 4.91. The first-order valence-corrected chi connectivity index (χ1v) is 9.52. The molecular formula is C19H23N3O2S. The molecule has 4 rings (SSSR count). The van der Waals surface area contributed by atoms with Crippen molar-refractivity contribution in [3.63, 3.8) is 0 Å². The van der Waals surface area contributed by atoms with Gasteiger partial charge in [0.05, 0.1) is 18.0 Å². The highest BCUT2D eigenvalue weighted by Crippen LogP contribution is 2.32. The van der Waals surface area contributed by atoms with Crippen LogP contribution >= 0.6 is 11.3 Å². The maximum Gasteiger partial charge on any atom is 0.121 e. The molecule has 3 heterocycles. The fourth-order valence-electron chi connectivity index (χ4n) is 3.58. The molecule has 1 aromatic carbocycles. The Morgan fingerprint density at radius 2 is 2.12 bits per heavy atom. The number of aliphatic hydroxyl groups excluding tert-OH is 2. The monoisotopic (exact) mass is 357 g/mol. The Morgan fingerprint density at radius 3 is 2.96 bits per heavy atom. The Bertz CT molecular complexity index is 886. The smallest absolute Gasteiger partial charge is 0.121 e. The second-order valence-corrected chi connectivity index (χ2v) is 7.94. The van der Waals surface area contributed by atoms with E-state index in [0.29, 0.717) is 5.69 Å². The van der Waals surface area contributed by atoms with Crippen molar-refractivity contribution in [2.24, 2.45) is 0 Å². The lowest BCUT2D eigenvalue weighted by molar-refractivity contribution is 0.0916. The lowest BCUT2D eigenvalue weighted by Gasteiger charge is -2.20. The van der Waals surface area contributed by atoms with Crippen molar-refractivity contribution in [1.82, 2.24) is 14.7 Å². The highest BCUT2D eigenvalue weighted by atomic mass is 32.1. The fraction of sp³-hybridized carbons (Fsp3) is 0.421. The van der Waals surface area contributed by atoms with Crippen LogP contribution in [0.2, 0.25) is 0 Å². The zero-order valence-electron chi connectivity index (χ0n) is 14.4. The molecule has 0 spiro atoms. The van der Waals surface area contributed by atoms with Crippen molar-refractivity contribution < 1.29 is 10.2 Å². The number of nitrogens with zero attached hydrogens (tertiary/aromatic N) is 3. The maximum atomic E-state index is 9.84. The number of thiophene rings is 1. The quantitative estimate of drug-likeness (QED) is 0.754. The van der Waals surface area contributed by atoms with Gasteiger partial charge in [0.25, 0.3) is 0 Å². The SMILES string of the molecule is Cc1sc2ccccc2c1CN1CCCn2nc([C@@H](O)CO)cc2C1. The average Bonchev–Trinajstić information content (AvgIpc) is 3.09. The van der Waals surface area contributed by atoms with E-state index in [1.54, 1.807) is 0 Å². The summed E-state index contributed by atoms with van der Waals surface area (Å²) in [6, 6.07) is 10.5. The highest BCUT2D eigenvalue weighted by Gasteiger charge is 2.21. The van der Waals surface area contributed by atoms with E-state index >= 15 is 0 Å². The largest absolute Gasteiger partial charge is 0.393 e. The van der Waals surface area contributed by atoms with Crippen molar-refractivity contribution in [3.8, 4) is 0 Å². The molecule has 0 bridgehead atoms. The van der Waals surface area contributed by atoms with E-state index in [4.69, 9.17) is 5.11 Å². The maximum absolute atomic E-state index is 9.84. The molecule has 0 saturated heterocycles. The minimum atomic E-state index is -0.893. The molecule has 1 aliphatic heterocycles. The summed E-state index contributed by atoms with van der Waals surface area (Å²) in [6.07, 6.45) is 0.140. The Hall–Kier alpha value is -1.73. The first kappa shape index (κ1) is 16.7. The zero-order chi connectivity index (χ0) is 17.4. The summed E-state index contributed by atoms with van der Waals surface area (Å²) in [7, 11) is 0. The molecule has 2 aromatic heterocycles. The molecule has 1 aliphatic rings. The Balaban J connectivity index is 1.59. The van der Waals surface area contributed by atoms with Gasteiger partial charge in [-0.1, -0.05) is 18.2 Å². The molecule has 0 saturated carbocycles. The van der Waals surface area contributed by atoms with Gasteiger partial charge in [-0.05, 0) is 36.4 Å². The van der Waals surface area contributed by atoms with Crippen LogP contribution in [0.15, 0.2) is 30.3 Å². The average molecular weight is 357 g/mol. The number of hydrogen-bond acceptors (Lipinski definition) is 5. The van der Waals surface area contributed by atoms with Crippen LogP contribution in [0.1, 0.15) is 34.4 Å². The van der Waals surface area contributed by atoms with Crippen LogP contribution in [0.25, 0.3) is 10.1 Å². The van der Waals surface area contributed by atoms with Gasteiger partial charge in [0.2, 0.25) is 0 Å². The second kappa shape index (κ2) is 6.88. The van der Waals surface area contributed by atoms with Gasteiger partial charge in [-0.3, -0.25) is 9.58 Å². The topological polar surface area (TPSA) is 61.5 Å².